The Kier molecular flexibility index (Phi) is 5.52. The molecule has 1 N–H and O–H groups in total. The predicted octanol–water partition coefficient (Wildman–Crippen LogP) is 3.75. The molecule has 3 heterocycles. The smallest absolute Gasteiger partial charge is 0.295 e. The van der Waals surface area contributed by atoms with Gasteiger partial charge in [-0.1, -0.05) is 28.1 Å². The summed E-state index contributed by atoms with van der Waals surface area (Å²) in [5.41, 5.74) is 2.01. The summed E-state index contributed by atoms with van der Waals surface area (Å²) in [4.78, 5) is 31.7. The van der Waals surface area contributed by atoms with Gasteiger partial charge in [-0.15, -0.1) is 0 Å². The number of pyridine rings is 1. The minimum atomic E-state index is -0.746. The maximum Gasteiger partial charge on any atom is 0.295 e. The van der Waals surface area contributed by atoms with Crippen LogP contribution >= 0.6 is 15.9 Å². The molecule has 1 aromatic carbocycles. The van der Waals surface area contributed by atoms with E-state index in [0.29, 0.717) is 24.4 Å². The van der Waals surface area contributed by atoms with Gasteiger partial charge in [0, 0.05) is 29.4 Å². The number of amides is 1. The number of hydrogen-bond acceptors (Lipinski definition) is 5. The number of ether oxygens (including phenoxy) is 1. The summed E-state index contributed by atoms with van der Waals surface area (Å²) >= 11 is 3.44. The first kappa shape index (κ1) is 19.8. The largest absolute Gasteiger partial charge is 0.507 e. The van der Waals surface area contributed by atoms with Crippen molar-refractivity contribution in [2.45, 2.75) is 31.9 Å². The van der Waals surface area contributed by atoms with E-state index in [0.717, 1.165) is 22.9 Å². The van der Waals surface area contributed by atoms with Crippen LogP contribution in [-0.2, 0) is 14.3 Å². The summed E-state index contributed by atoms with van der Waals surface area (Å²) in [6.07, 6.45) is 3.27. The van der Waals surface area contributed by atoms with Crippen molar-refractivity contribution in [2.24, 2.45) is 0 Å². The third kappa shape index (κ3) is 3.72. The molecule has 0 bridgehead atoms. The van der Waals surface area contributed by atoms with E-state index in [-0.39, 0.29) is 17.4 Å². The molecule has 2 atom stereocenters. The molecule has 2 unspecified atom stereocenters. The van der Waals surface area contributed by atoms with Gasteiger partial charge in [-0.25, -0.2) is 0 Å². The van der Waals surface area contributed by atoms with E-state index in [1.165, 1.54) is 4.90 Å². The highest BCUT2D eigenvalue weighted by molar-refractivity contribution is 9.10. The second-order valence-corrected chi connectivity index (χ2v) is 8.16. The topological polar surface area (TPSA) is 79.7 Å². The Bertz CT molecular complexity index is 984. The molecule has 1 amide bonds. The number of halogens is 1. The maximum absolute atomic E-state index is 13.0. The van der Waals surface area contributed by atoms with Crippen LogP contribution in [0, 0.1) is 6.92 Å². The number of benzene rings is 1. The van der Waals surface area contributed by atoms with Gasteiger partial charge in [-0.2, -0.15) is 0 Å². The van der Waals surface area contributed by atoms with Crippen molar-refractivity contribution in [1.29, 1.82) is 0 Å². The van der Waals surface area contributed by atoms with Gasteiger partial charge in [-0.3, -0.25) is 14.6 Å². The first-order valence-corrected chi connectivity index (χ1v) is 10.3. The fraction of sp³-hybridized carbons (Fsp3) is 0.318. The highest BCUT2D eigenvalue weighted by Gasteiger charge is 2.47. The van der Waals surface area contributed by atoms with Crippen LogP contribution in [-0.4, -0.2) is 45.9 Å². The summed E-state index contributed by atoms with van der Waals surface area (Å²) in [5, 5.41) is 11.0. The van der Waals surface area contributed by atoms with Gasteiger partial charge in [0.1, 0.15) is 11.8 Å². The Hall–Kier alpha value is -2.51. The highest BCUT2D eigenvalue weighted by atomic mass is 79.9. The van der Waals surface area contributed by atoms with E-state index in [1.807, 2.05) is 13.0 Å². The number of Topliss-reactive ketones (excluding diaryl/α,β-unsaturated/α-hetero) is 1. The molecule has 29 heavy (non-hydrogen) atoms. The molecular formula is C22H21BrN2O4. The zero-order valence-electron chi connectivity index (χ0n) is 16.0. The summed E-state index contributed by atoms with van der Waals surface area (Å²) in [6, 6.07) is 9.90. The van der Waals surface area contributed by atoms with Crippen LogP contribution < -0.4 is 0 Å². The molecule has 2 aromatic rings. The van der Waals surface area contributed by atoms with E-state index >= 15 is 0 Å². The van der Waals surface area contributed by atoms with E-state index in [1.54, 1.807) is 36.5 Å². The fourth-order valence-corrected chi connectivity index (χ4v) is 4.12. The molecule has 4 rings (SSSR count). The minimum absolute atomic E-state index is 0.0634. The van der Waals surface area contributed by atoms with Crippen molar-refractivity contribution < 1.29 is 19.4 Å². The van der Waals surface area contributed by atoms with Crippen molar-refractivity contribution >= 4 is 33.4 Å². The maximum atomic E-state index is 13.0. The van der Waals surface area contributed by atoms with E-state index in [9.17, 15) is 14.7 Å². The number of aliphatic hydroxyl groups is 1. The summed E-state index contributed by atoms with van der Waals surface area (Å²) in [5.74, 6) is -1.52. The number of aliphatic hydroxyl groups excluding tert-OH is 1. The van der Waals surface area contributed by atoms with Gasteiger partial charge in [-0.05, 0) is 49.6 Å². The first-order chi connectivity index (χ1) is 14.0. The Labute approximate surface area is 177 Å². The van der Waals surface area contributed by atoms with Crippen LogP contribution in [0.5, 0.6) is 0 Å². The Morgan fingerprint density at radius 3 is 2.79 bits per heavy atom. The Balaban J connectivity index is 1.82. The molecule has 150 valence electrons. The molecular weight excluding hydrogens is 436 g/mol. The van der Waals surface area contributed by atoms with E-state index < -0.39 is 17.7 Å². The molecule has 0 saturated carbocycles. The van der Waals surface area contributed by atoms with Crippen molar-refractivity contribution in [3.8, 4) is 0 Å². The van der Waals surface area contributed by atoms with E-state index in [2.05, 4.69) is 20.9 Å². The number of nitrogens with zero attached hydrogens (tertiary/aromatic N) is 2. The third-order valence-electron chi connectivity index (χ3n) is 5.36. The number of hydrogen-bond donors (Lipinski definition) is 1. The average molecular weight is 457 g/mol. The standard InChI is InChI=1S/C22H21BrN2O4/c1-13-11-14(7-8-16(13)23)20(26)18-19(17-6-2-3-9-24-17)25(22(28)21(18)27)12-15-5-4-10-29-15/h2-3,6-9,11,15,19,26H,4-5,10,12H2,1H3/b20-18-. The van der Waals surface area contributed by atoms with Crippen LogP contribution in [0.15, 0.2) is 52.6 Å². The lowest BCUT2D eigenvalue weighted by Crippen LogP contribution is -2.36. The Morgan fingerprint density at radius 2 is 2.14 bits per heavy atom. The predicted molar refractivity (Wildman–Crippen MR) is 111 cm³/mol. The van der Waals surface area contributed by atoms with Crippen molar-refractivity contribution in [2.75, 3.05) is 13.2 Å². The second kappa shape index (κ2) is 8.08. The lowest BCUT2D eigenvalue weighted by Gasteiger charge is -2.26. The zero-order chi connectivity index (χ0) is 20.5. The van der Waals surface area contributed by atoms with Gasteiger partial charge in [0.25, 0.3) is 11.7 Å². The van der Waals surface area contributed by atoms with Gasteiger partial charge in [0.2, 0.25) is 0 Å². The zero-order valence-corrected chi connectivity index (χ0v) is 17.6. The molecule has 6 nitrogen and oxygen atoms in total. The molecule has 7 heteroatoms. The molecule has 2 saturated heterocycles. The number of aryl methyl sites for hydroxylation is 1. The second-order valence-electron chi connectivity index (χ2n) is 7.31. The van der Waals surface area contributed by atoms with Gasteiger partial charge in [0.15, 0.2) is 0 Å². The number of ketones is 1. The van der Waals surface area contributed by atoms with Gasteiger partial charge in [0.05, 0.1) is 17.4 Å². The van der Waals surface area contributed by atoms with Crippen molar-refractivity contribution in [3.63, 3.8) is 0 Å². The van der Waals surface area contributed by atoms with Crippen molar-refractivity contribution in [1.82, 2.24) is 9.88 Å². The lowest BCUT2D eigenvalue weighted by molar-refractivity contribution is -0.140. The van der Waals surface area contributed by atoms with Crippen LogP contribution in [0.25, 0.3) is 5.76 Å². The molecule has 2 aliphatic heterocycles. The molecule has 1 aromatic heterocycles. The monoisotopic (exact) mass is 456 g/mol. The van der Waals surface area contributed by atoms with Crippen LogP contribution in [0.2, 0.25) is 0 Å². The number of carbonyl (C=O) groups excluding carboxylic acids is 2. The van der Waals surface area contributed by atoms with Crippen LogP contribution in [0.1, 0.15) is 35.7 Å². The molecule has 0 aliphatic carbocycles. The van der Waals surface area contributed by atoms with Crippen molar-refractivity contribution in [3.05, 3.63) is 69.5 Å². The SMILES string of the molecule is Cc1cc(/C(O)=C2/C(=O)C(=O)N(CC3CCCO3)C2c2ccccn2)ccc1Br. The summed E-state index contributed by atoms with van der Waals surface area (Å²) in [7, 11) is 0. The molecule has 0 spiro atoms. The first-order valence-electron chi connectivity index (χ1n) is 9.55. The Morgan fingerprint density at radius 1 is 1.31 bits per heavy atom. The number of likely N-dealkylation sites (tertiary alicyclic amines) is 1. The fourth-order valence-electron chi connectivity index (χ4n) is 3.87. The normalized spacial score (nSPS) is 23.7. The van der Waals surface area contributed by atoms with Crippen LogP contribution in [0.4, 0.5) is 0 Å². The molecule has 2 aliphatic rings. The van der Waals surface area contributed by atoms with Gasteiger partial charge >= 0.3 is 0 Å². The molecule has 0 radical (unpaired) electrons. The van der Waals surface area contributed by atoms with Crippen LogP contribution in [0.3, 0.4) is 0 Å². The van der Waals surface area contributed by atoms with E-state index in [4.69, 9.17) is 4.74 Å². The number of rotatable bonds is 4. The highest BCUT2D eigenvalue weighted by Crippen LogP contribution is 2.39. The number of carbonyl (C=O) groups is 2. The third-order valence-corrected chi connectivity index (χ3v) is 6.25. The number of aromatic nitrogens is 1. The van der Waals surface area contributed by atoms with Gasteiger partial charge < -0.3 is 14.7 Å². The lowest BCUT2D eigenvalue weighted by atomic mass is 9.97. The quantitative estimate of drug-likeness (QED) is 0.430. The summed E-state index contributed by atoms with van der Waals surface area (Å²) in [6.45, 7) is 2.84. The average Bonchev–Trinajstić information content (AvgIpc) is 3.32. The minimum Gasteiger partial charge on any atom is -0.507 e. The molecule has 2 fully saturated rings. The summed E-state index contributed by atoms with van der Waals surface area (Å²) < 4.78 is 6.58.